The topological polar surface area (TPSA) is 91.4 Å². The minimum absolute atomic E-state index is 0.0871. The van der Waals surface area contributed by atoms with Crippen LogP contribution in [-0.2, 0) is 9.59 Å². The number of carbonyl (C=O) groups is 2. The van der Waals surface area contributed by atoms with Gasteiger partial charge in [0.2, 0.25) is 0 Å². The molecular weight excluding hydrogens is 490 g/mol. The molecule has 0 saturated heterocycles. The molecule has 0 radical (unpaired) electrons. The van der Waals surface area contributed by atoms with Gasteiger partial charge in [-0.3, -0.25) is 9.59 Å². The summed E-state index contributed by atoms with van der Waals surface area (Å²) in [6, 6.07) is 19.6. The molecule has 0 fully saturated rings. The Morgan fingerprint density at radius 2 is 1.89 bits per heavy atom. The zero-order valence-electron chi connectivity index (χ0n) is 20.3. The largest absolute Gasteiger partial charge is 0.349 e. The normalized spacial score (nSPS) is 16.1. The van der Waals surface area contributed by atoms with Crippen molar-refractivity contribution in [2.45, 2.75) is 23.1 Å². The van der Waals surface area contributed by atoms with Gasteiger partial charge in [0.15, 0.2) is 11.6 Å². The molecule has 2 aromatic rings. The highest BCUT2D eigenvalue weighted by Crippen LogP contribution is 2.46. The van der Waals surface area contributed by atoms with E-state index in [9.17, 15) is 20.1 Å². The number of ketones is 2. The number of anilines is 2. The Hall–Kier alpha value is -3.66. The van der Waals surface area contributed by atoms with Crippen LogP contribution in [-0.4, -0.2) is 49.4 Å². The zero-order chi connectivity index (χ0) is 25.8. The van der Waals surface area contributed by atoms with Gasteiger partial charge in [0.25, 0.3) is 0 Å². The first kappa shape index (κ1) is 25.4. The molecule has 4 rings (SSSR count). The molecule has 36 heavy (non-hydrogen) atoms. The number of fused-ring (bicyclic) bond motifs is 1. The highest BCUT2D eigenvalue weighted by molar-refractivity contribution is 8.03. The lowest BCUT2D eigenvalue weighted by Crippen LogP contribution is -2.32. The number of allylic oxidation sites excluding steroid dienone is 1. The number of carbonyl (C=O) groups excluding carboxylic acids is 2. The second kappa shape index (κ2) is 10.9. The molecule has 0 bridgehead atoms. The summed E-state index contributed by atoms with van der Waals surface area (Å²) in [7, 11) is 3.70. The molecule has 2 aliphatic heterocycles. The maximum atomic E-state index is 13.2. The molecule has 2 aromatic carbocycles. The van der Waals surface area contributed by atoms with Crippen LogP contribution in [0.25, 0.3) is 0 Å². The van der Waals surface area contributed by atoms with Gasteiger partial charge in [-0.2, -0.15) is 10.5 Å². The van der Waals surface area contributed by atoms with E-state index in [1.165, 1.54) is 23.5 Å². The molecule has 9 heteroatoms. The number of thioether (sulfide) groups is 2. The van der Waals surface area contributed by atoms with Crippen LogP contribution in [0.3, 0.4) is 0 Å². The Balaban J connectivity index is 1.58. The van der Waals surface area contributed by atoms with E-state index >= 15 is 0 Å². The number of rotatable bonds is 8. The first-order valence-electron chi connectivity index (χ1n) is 11.5. The first-order chi connectivity index (χ1) is 17.4. The van der Waals surface area contributed by atoms with Crippen molar-refractivity contribution in [2.24, 2.45) is 0 Å². The Morgan fingerprint density at radius 1 is 1.17 bits per heavy atom. The van der Waals surface area contributed by atoms with Gasteiger partial charge in [-0.1, -0.05) is 43.0 Å². The lowest BCUT2D eigenvalue weighted by atomic mass is 10.2. The average molecular weight is 516 g/mol. The fourth-order valence-corrected chi connectivity index (χ4v) is 6.41. The van der Waals surface area contributed by atoms with Crippen molar-refractivity contribution in [3.05, 3.63) is 70.5 Å². The Labute approximate surface area is 219 Å². The average Bonchev–Trinajstić information content (AvgIpc) is 3.39. The van der Waals surface area contributed by atoms with Crippen LogP contribution < -0.4 is 9.80 Å². The number of hydrogen-bond donors (Lipinski definition) is 0. The maximum absolute atomic E-state index is 13.2. The molecule has 7 nitrogen and oxygen atoms in total. The number of Topliss-reactive ketones (excluding diaryl/α,β-unsaturated/α-hetero) is 2. The van der Waals surface area contributed by atoms with E-state index in [2.05, 4.69) is 12.1 Å². The van der Waals surface area contributed by atoms with Gasteiger partial charge in [-0.05, 0) is 30.7 Å². The van der Waals surface area contributed by atoms with E-state index < -0.39 is 0 Å². The van der Waals surface area contributed by atoms with Crippen LogP contribution in [0.5, 0.6) is 0 Å². The third-order valence-electron chi connectivity index (χ3n) is 5.99. The van der Waals surface area contributed by atoms with Gasteiger partial charge in [-0.15, -0.1) is 11.8 Å². The Kier molecular flexibility index (Phi) is 7.73. The number of hydrogen-bond acceptors (Lipinski definition) is 9. The summed E-state index contributed by atoms with van der Waals surface area (Å²) >= 11 is 2.77. The molecule has 0 spiro atoms. The standard InChI is InChI=1S/C27H25N5O2S2/c1-4-13-32-16-22(33)18(14-28)26(32)30(2)20-9-5-7-11-24(20)35-17-23(34)19(15-29)27-31(3)21-10-6-8-12-25(21)36-27/h5-12H,4,13,16-17H2,1-3H3. The minimum Gasteiger partial charge on any atom is -0.349 e. The third-order valence-corrected chi connectivity index (χ3v) is 8.29. The molecule has 0 atom stereocenters. The van der Waals surface area contributed by atoms with Crippen LogP contribution in [0, 0.1) is 22.7 Å². The molecule has 0 N–H and O–H groups in total. The van der Waals surface area contributed by atoms with Crippen LogP contribution in [0.2, 0.25) is 0 Å². The molecule has 0 unspecified atom stereocenters. The van der Waals surface area contributed by atoms with Gasteiger partial charge in [0.05, 0.1) is 23.7 Å². The van der Waals surface area contributed by atoms with Crippen LogP contribution in [0.1, 0.15) is 13.3 Å². The van der Waals surface area contributed by atoms with Crippen molar-refractivity contribution in [3.63, 3.8) is 0 Å². The first-order valence-corrected chi connectivity index (χ1v) is 13.3. The summed E-state index contributed by atoms with van der Waals surface area (Å²) in [6.45, 7) is 2.88. The molecule has 2 aliphatic rings. The molecule has 2 heterocycles. The fraction of sp³-hybridized carbons (Fsp3) is 0.259. The monoisotopic (exact) mass is 515 g/mol. The summed E-state index contributed by atoms with van der Waals surface area (Å²) in [6.07, 6.45) is 0.843. The van der Waals surface area contributed by atoms with Crippen molar-refractivity contribution in [2.75, 3.05) is 42.7 Å². The molecule has 0 aromatic heterocycles. The van der Waals surface area contributed by atoms with Crippen LogP contribution in [0.4, 0.5) is 11.4 Å². The van der Waals surface area contributed by atoms with Crippen molar-refractivity contribution in [1.29, 1.82) is 10.5 Å². The van der Waals surface area contributed by atoms with Crippen LogP contribution >= 0.6 is 23.5 Å². The molecule has 0 amide bonds. The van der Waals surface area contributed by atoms with Gasteiger partial charge < -0.3 is 14.7 Å². The predicted octanol–water partition coefficient (Wildman–Crippen LogP) is 4.79. The summed E-state index contributed by atoms with van der Waals surface area (Å²) < 4.78 is 0. The summed E-state index contributed by atoms with van der Waals surface area (Å²) in [4.78, 5) is 33.1. The number of nitrogens with zero attached hydrogens (tertiary/aromatic N) is 5. The smallest absolute Gasteiger partial charge is 0.196 e. The predicted molar refractivity (Wildman–Crippen MR) is 143 cm³/mol. The minimum atomic E-state index is -0.248. The Bertz CT molecular complexity index is 1370. The van der Waals surface area contributed by atoms with Gasteiger partial charge in [-0.25, -0.2) is 0 Å². The number of benzene rings is 2. The van der Waals surface area contributed by atoms with Crippen molar-refractivity contribution >= 4 is 46.5 Å². The summed E-state index contributed by atoms with van der Waals surface area (Å²) in [5.41, 5.74) is 2.06. The van der Waals surface area contributed by atoms with Gasteiger partial charge >= 0.3 is 0 Å². The van der Waals surface area contributed by atoms with E-state index in [1.54, 1.807) is 0 Å². The van der Waals surface area contributed by atoms with E-state index in [4.69, 9.17) is 0 Å². The lowest BCUT2D eigenvalue weighted by molar-refractivity contribution is -0.115. The van der Waals surface area contributed by atoms with Gasteiger partial charge in [0, 0.05) is 30.4 Å². The lowest BCUT2D eigenvalue weighted by Gasteiger charge is -2.30. The summed E-state index contributed by atoms with van der Waals surface area (Å²) in [5.74, 6) is 0.245. The van der Waals surface area contributed by atoms with E-state index in [0.29, 0.717) is 17.4 Å². The number of para-hydroxylation sites is 2. The summed E-state index contributed by atoms with van der Waals surface area (Å²) in [5, 5.41) is 20.1. The second-order valence-electron chi connectivity index (χ2n) is 8.31. The second-order valence-corrected chi connectivity index (χ2v) is 10.4. The molecule has 0 saturated carbocycles. The van der Waals surface area contributed by atoms with Crippen LogP contribution in [0.15, 0.2) is 80.3 Å². The zero-order valence-corrected chi connectivity index (χ0v) is 21.9. The van der Waals surface area contributed by atoms with E-state index in [1.807, 2.05) is 84.2 Å². The molecule has 0 aliphatic carbocycles. The Morgan fingerprint density at radius 3 is 2.58 bits per heavy atom. The fourth-order valence-electron chi connectivity index (χ4n) is 4.29. The SMILES string of the molecule is CCCN1CC(=O)C(C#N)=C1N(C)c1ccccc1SCC(=O)C(C#N)=C1Sc2ccccc2N1C. The van der Waals surface area contributed by atoms with E-state index in [-0.39, 0.29) is 35.0 Å². The van der Waals surface area contributed by atoms with E-state index in [0.717, 1.165) is 27.6 Å². The van der Waals surface area contributed by atoms with Crippen molar-refractivity contribution in [1.82, 2.24) is 4.90 Å². The number of nitriles is 2. The highest BCUT2D eigenvalue weighted by atomic mass is 32.2. The quantitative estimate of drug-likeness (QED) is 0.279. The third kappa shape index (κ3) is 4.73. The molecular formula is C27H25N5O2S2. The highest BCUT2D eigenvalue weighted by Gasteiger charge is 2.33. The molecule has 182 valence electrons. The van der Waals surface area contributed by atoms with Crippen molar-refractivity contribution in [3.8, 4) is 12.1 Å². The van der Waals surface area contributed by atoms with Gasteiger partial charge in [0.1, 0.15) is 34.1 Å². The van der Waals surface area contributed by atoms with Crippen molar-refractivity contribution < 1.29 is 9.59 Å². The maximum Gasteiger partial charge on any atom is 0.196 e.